The third kappa shape index (κ3) is 2.36. The van der Waals surface area contributed by atoms with Gasteiger partial charge in [-0.25, -0.2) is 0 Å². The molecule has 0 radical (unpaired) electrons. The van der Waals surface area contributed by atoms with Crippen LogP contribution in [0.4, 0.5) is 0 Å². The fraction of sp³-hybridized carbons (Fsp3) is 0.188. The topological polar surface area (TPSA) is 26.3 Å². The smallest absolute Gasteiger partial charge is 0.163 e. The van der Waals surface area contributed by atoms with Crippen molar-refractivity contribution in [3.05, 3.63) is 42.0 Å². The van der Waals surface area contributed by atoms with E-state index >= 15 is 0 Å². The zero-order chi connectivity index (χ0) is 13.0. The van der Waals surface area contributed by atoms with E-state index in [0.29, 0.717) is 24.3 Å². The van der Waals surface area contributed by atoms with Gasteiger partial charge in [0.2, 0.25) is 0 Å². The van der Waals surface area contributed by atoms with Crippen LogP contribution in [0.15, 0.2) is 36.4 Å². The van der Waals surface area contributed by atoms with Crippen LogP contribution in [-0.2, 0) is 0 Å². The van der Waals surface area contributed by atoms with Crippen molar-refractivity contribution in [2.75, 3.05) is 6.61 Å². The summed E-state index contributed by atoms with van der Waals surface area (Å²) in [4.78, 5) is 11.6. The summed E-state index contributed by atoms with van der Waals surface area (Å²) in [6.07, 6.45) is 5.73. The van der Waals surface area contributed by atoms with Crippen molar-refractivity contribution in [3.8, 4) is 18.1 Å². The Labute approximate surface area is 107 Å². The van der Waals surface area contributed by atoms with Gasteiger partial charge in [-0.3, -0.25) is 4.79 Å². The number of hydrogen-bond donors (Lipinski definition) is 0. The van der Waals surface area contributed by atoms with Crippen molar-refractivity contribution in [1.29, 1.82) is 0 Å². The van der Waals surface area contributed by atoms with E-state index in [0.717, 1.165) is 10.8 Å². The zero-order valence-corrected chi connectivity index (χ0v) is 10.3. The Kier molecular flexibility index (Phi) is 3.64. The van der Waals surface area contributed by atoms with Crippen LogP contribution in [0.2, 0.25) is 0 Å². The van der Waals surface area contributed by atoms with Crippen LogP contribution in [0.5, 0.6) is 5.75 Å². The molecule has 2 aromatic rings. The highest BCUT2D eigenvalue weighted by Crippen LogP contribution is 2.30. The molecule has 18 heavy (non-hydrogen) atoms. The molecule has 0 spiro atoms. The standard InChI is InChI=1S/C16H14O2/c1-3-4-11-18-16-14(12(2)17)10-9-13-7-5-6-8-15(13)16/h1,5-10H,4,11H2,2H3. The van der Waals surface area contributed by atoms with Crippen molar-refractivity contribution >= 4 is 16.6 Å². The highest BCUT2D eigenvalue weighted by molar-refractivity contribution is 6.03. The lowest BCUT2D eigenvalue weighted by Gasteiger charge is -2.12. The molecule has 0 fully saturated rings. The summed E-state index contributed by atoms with van der Waals surface area (Å²) in [5, 5.41) is 2.00. The quantitative estimate of drug-likeness (QED) is 0.463. The van der Waals surface area contributed by atoms with Crippen LogP contribution in [0, 0.1) is 12.3 Å². The predicted molar refractivity (Wildman–Crippen MR) is 72.9 cm³/mol. The first-order valence-electron chi connectivity index (χ1n) is 5.83. The molecule has 0 unspecified atom stereocenters. The van der Waals surface area contributed by atoms with E-state index in [1.165, 1.54) is 6.92 Å². The minimum absolute atomic E-state index is 0.00328. The summed E-state index contributed by atoms with van der Waals surface area (Å²) < 4.78 is 5.69. The van der Waals surface area contributed by atoms with Crippen LogP contribution < -0.4 is 4.74 Å². The molecule has 0 atom stereocenters. The molecular formula is C16H14O2. The van der Waals surface area contributed by atoms with Gasteiger partial charge in [0.15, 0.2) is 5.78 Å². The number of carbonyl (C=O) groups is 1. The van der Waals surface area contributed by atoms with E-state index in [1.54, 1.807) is 6.07 Å². The Hall–Kier alpha value is -2.27. The summed E-state index contributed by atoms with van der Waals surface area (Å²) >= 11 is 0. The average molecular weight is 238 g/mol. The van der Waals surface area contributed by atoms with Crippen LogP contribution in [0.3, 0.4) is 0 Å². The normalized spacial score (nSPS) is 10.0. The number of rotatable bonds is 4. The van der Waals surface area contributed by atoms with Gasteiger partial charge in [0.05, 0.1) is 12.2 Å². The van der Waals surface area contributed by atoms with Gasteiger partial charge in [-0.05, 0) is 18.4 Å². The summed E-state index contributed by atoms with van der Waals surface area (Å²) in [6, 6.07) is 11.6. The first-order valence-corrected chi connectivity index (χ1v) is 5.83. The zero-order valence-electron chi connectivity index (χ0n) is 10.3. The molecule has 0 heterocycles. The summed E-state index contributed by atoms with van der Waals surface area (Å²) in [5.74, 6) is 3.16. The van der Waals surface area contributed by atoms with Gasteiger partial charge in [0.1, 0.15) is 5.75 Å². The van der Waals surface area contributed by atoms with Crippen molar-refractivity contribution in [1.82, 2.24) is 0 Å². The number of Topliss-reactive ketones (excluding diaryl/α,β-unsaturated/α-hetero) is 1. The largest absolute Gasteiger partial charge is 0.491 e. The lowest BCUT2D eigenvalue weighted by Crippen LogP contribution is -2.03. The maximum absolute atomic E-state index is 11.6. The van der Waals surface area contributed by atoms with Gasteiger partial charge in [-0.2, -0.15) is 0 Å². The lowest BCUT2D eigenvalue weighted by atomic mass is 10.0. The number of ether oxygens (including phenoxy) is 1. The van der Waals surface area contributed by atoms with Crippen LogP contribution in [0.25, 0.3) is 10.8 Å². The summed E-state index contributed by atoms with van der Waals surface area (Å²) in [5.41, 5.74) is 0.603. The average Bonchev–Trinajstić information content (AvgIpc) is 2.38. The molecule has 90 valence electrons. The van der Waals surface area contributed by atoms with Gasteiger partial charge in [0, 0.05) is 11.8 Å². The van der Waals surface area contributed by atoms with E-state index in [2.05, 4.69) is 5.92 Å². The van der Waals surface area contributed by atoms with Gasteiger partial charge < -0.3 is 4.74 Å². The monoisotopic (exact) mass is 238 g/mol. The van der Waals surface area contributed by atoms with E-state index in [9.17, 15) is 4.79 Å². The molecule has 0 bridgehead atoms. The summed E-state index contributed by atoms with van der Waals surface area (Å²) in [7, 11) is 0. The molecule has 0 saturated carbocycles. The molecule has 2 nitrogen and oxygen atoms in total. The number of ketones is 1. The minimum atomic E-state index is -0.00328. The number of fused-ring (bicyclic) bond motifs is 1. The van der Waals surface area contributed by atoms with E-state index in [1.807, 2.05) is 30.3 Å². The Bertz CT molecular complexity index is 621. The van der Waals surface area contributed by atoms with Gasteiger partial charge >= 0.3 is 0 Å². The molecule has 0 amide bonds. The van der Waals surface area contributed by atoms with Gasteiger partial charge in [-0.1, -0.05) is 30.3 Å². The first kappa shape index (κ1) is 12.2. The SMILES string of the molecule is C#CCCOc1c(C(C)=O)ccc2ccccc12. The number of hydrogen-bond acceptors (Lipinski definition) is 2. The molecule has 2 heteroatoms. The molecule has 0 N–H and O–H groups in total. The van der Waals surface area contributed by atoms with Crippen LogP contribution in [0.1, 0.15) is 23.7 Å². The lowest BCUT2D eigenvalue weighted by molar-refractivity contribution is 0.101. The molecule has 0 aromatic heterocycles. The number of terminal acetylenes is 1. The maximum atomic E-state index is 11.6. The highest BCUT2D eigenvalue weighted by atomic mass is 16.5. The fourth-order valence-corrected chi connectivity index (χ4v) is 1.89. The molecule has 0 aliphatic heterocycles. The van der Waals surface area contributed by atoms with Crippen LogP contribution in [-0.4, -0.2) is 12.4 Å². The molecule has 0 saturated heterocycles. The second-order valence-electron chi connectivity index (χ2n) is 4.02. The van der Waals surface area contributed by atoms with Crippen molar-refractivity contribution in [2.45, 2.75) is 13.3 Å². The molecule has 0 aliphatic rings. The Morgan fingerprint density at radius 3 is 2.78 bits per heavy atom. The van der Waals surface area contributed by atoms with E-state index in [-0.39, 0.29) is 5.78 Å². The molecule has 2 rings (SSSR count). The fourth-order valence-electron chi connectivity index (χ4n) is 1.89. The molecule has 0 aliphatic carbocycles. The Morgan fingerprint density at radius 1 is 1.28 bits per heavy atom. The number of benzene rings is 2. The molecule has 2 aromatic carbocycles. The van der Waals surface area contributed by atoms with E-state index in [4.69, 9.17) is 11.2 Å². The second kappa shape index (κ2) is 5.37. The van der Waals surface area contributed by atoms with Crippen molar-refractivity contribution < 1.29 is 9.53 Å². The predicted octanol–water partition coefficient (Wildman–Crippen LogP) is 3.44. The minimum Gasteiger partial charge on any atom is -0.491 e. The Balaban J connectivity index is 2.52. The third-order valence-electron chi connectivity index (χ3n) is 2.75. The summed E-state index contributed by atoms with van der Waals surface area (Å²) in [6.45, 7) is 1.96. The van der Waals surface area contributed by atoms with Gasteiger partial charge in [0.25, 0.3) is 0 Å². The first-order chi connectivity index (χ1) is 8.74. The molecular weight excluding hydrogens is 224 g/mol. The Morgan fingerprint density at radius 2 is 2.06 bits per heavy atom. The third-order valence-corrected chi connectivity index (χ3v) is 2.75. The van der Waals surface area contributed by atoms with Crippen LogP contribution >= 0.6 is 0 Å². The van der Waals surface area contributed by atoms with Gasteiger partial charge in [-0.15, -0.1) is 12.3 Å². The maximum Gasteiger partial charge on any atom is 0.163 e. The highest BCUT2D eigenvalue weighted by Gasteiger charge is 2.12. The van der Waals surface area contributed by atoms with Crippen molar-refractivity contribution in [3.63, 3.8) is 0 Å². The van der Waals surface area contributed by atoms with Crippen molar-refractivity contribution in [2.24, 2.45) is 0 Å². The number of carbonyl (C=O) groups excluding carboxylic acids is 1. The second-order valence-corrected chi connectivity index (χ2v) is 4.02. The van der Waals surface area contributed by atoms with E-state index < -0.39 is 0 Å².